The zero-order valence-electron chi connectivity index (χ0n) is 18.0. The second-order valence-electron chi connectivity index (χ2n) is 8.42. The van der Waals surface area contributed by atoms with E-state index in [1.807, 2.05) is 12.1 Å². The standard InChI is InChI=1S/C26H24BN3O/c1-18-17-25-26(21-13-7-10-16-24(21)31-25)28(3)27(18)30-19(2)29(20-11-5-4-6-12-20)22-14-8-9-15-23(22)30/h4-17,19H,1-3H3/t19-/m0/s1. The summed E-state index contributed by atoms with van der Waals surface area (Å²) in [5.41, 5.74) is 7.06. The summed E-state index contributed by atoms with van der Waals surface area (Å²) in [4.78, 5) is 7.33. The molecule has 152 valence electrons. The summed E-state index contributed by atoms with van der Waals surface area (Å²) < 4.78 is 6.18. The van der Waals surface area contributed by atoms with Gasteiger partial charge in [-0.1, -0.05) is 47.9 Å². The van der Waals surface area contributed by atoms with Gasteiger partial charge in [-0.2, -0.15) is 0 Å². The lowest BCUT2D eigenvalue weighted by Gasteiger charge is -2.41. The Kier molecular flexibility index (Phi) is 3.94. The molecular formula is C26H24BN3O. The molecule has 0 amide bonds. The van der Waals surface area contributed by atoms with E-state index in [1.165, 1.54) is 22.5 Å². The maximum Gasteiger partial charge on any atom is 0.408 e. The molecule has 0 N–H and O–H groups in total. The first-order valence-electron chi connectivity index (χ1n) is 10.8. The minimum absolute atomic E-state index is 0.0957. The van der Waals surface area contributed by atoms with Gasteiger partial charge in [0.25, 0.3) is 0 Å². The van der Waals surface area contributed by atoms with Crippen LogP contribution in [0.4, 0.5) is 22.7 Å². The van der Waals surface area contributed by atoms with Crippen molar-refractivity contribution in [2.45, 2.75) is 20.0 Å². The summed E-state index contributed by atoms with van der Waals surface area (Å²) >= 11 is 0. The number of fused-ring (bicyclic) bond motifs is 4. The average molecular weight is 405 g/mol. The van der Waals surface area contributed by atoms with E-state index in [-0.39, 0.29) is 13.1 Å². The normalized spacial score (nSPS) is 17.8. The number of para-hydroxylation sites is 4. The highest BCUT2D eigenvalue weighted by Gasteiger charge is 2.45. The van der Waals surface area contributed by atoms with Crippen LogP contribution in [0, 0.1) is 0 Å². The molecule has 0 spiro atoms. The van der Waals surface area contributed by atoms with Crippen LogP contribution < -0.4 is 14.5 Å². The SMILES string of the molecule is CC1=Cc2oc3ccccc3c2N(C)B1N1c2ccccc2N(c2ccccc2)[C@@H]1C. The van der Waals surface area contributed by atoms with Crippen LogP contribution in [0.5, 0.6) is 0 Å². The van der Waals surface area contributed by atoms with Gasteiger partial charge < -0.3 is 18.9 Å². The van der Waals surface area contributed by atoms with Gasteiger partial charge in [0.2, 0.25) is 0 Å². The fourth-order valence-corrected chi connectivity index (χ4v) is 5.32. The Morgan fingerprint density at radius 2 is 1.52 bits per heavy atom. The van der Waals surface area contributed by atoms with E-state index in [0.717, 1.165) is 22.4 Å². The number of allylic oxidation sites excluding steroid dienone is 1. The Morgan fingerprint density at radius 1 is 0.839 bits per heavy atom. The quantitative estimate of drug-likeness (QED) is 0.364. The molecule has 31 heavy (non-hydrogen) atoms. The third-order valence-electron chi connectivity index (χ3n) is 6.57. The van der Waals surface area contributed by atoms with Gasteiger partial charge in [0.15, 0.2) is 0 Å². The predicted octanol–water partition coefficient (Wildman–Crippen LogP) is 6.32. The van der Waals surface area contributed by atoms with E-state index in [1.54, 1.807) is 0 Å². The van der Waals surface area contributed by atoms with Crippen LogP contribution in [-0.4, -0.2) is 20.2 Å². The molecule has 0 saturated heterocycles. The van der Waals surface area contributed by atoms with Crippen LogP contribution in [0.25, 0.3) is 17.0 Å². The highest BCUT2D eigenvalue weighted by atomic mass is 16.3. The first-order valence-corrected chi connectivity index (χ1v) is 10.8. The first kappa shape index (κ1) is 18.2. The van der Waals surface area contributed by atoms with Crippen LogP contribution >= 0.6 is 0 Å². The molecule has 6 rings (SSSR count). The van der Waals surface area contributed by atoms with Crippen molar-refractivity contribution < 1.29 is 4.42 Å². The average Bonchev–Trinajstić information content (AvgIpc) is 3.29. The van der Waals surface area contributed by atoms with Gasteiger partial charge in [0.05, 0.1) is 23.2 Å². The van der Waals surface area contributed by atoms with Gasteiger partial charge in [-0.25, -0.2) is 0 Å². The predicted molar refractivity (Wildman–Crippen MR) is 131 cm³/mol. The molecule has 2 aliphatic rings. The van der Waals surface area contributed by atoms with Gasteiger partial charge in [-0.05, 0) is 63.4 Å². The summed E-state index contributed by atoms with van der Waals surface area (Å²) in [6.45, 7) is 4.59. The highest BCUT2D eigenvalue weighted by molar-refractivity contribution is 6.76. The Bertz CT molecular complexity index is 1310. The van der Waals surface area contributed by atoms with Crippen molar-refractivity contribution >= 4 is 46.8 Å². The van der Waals surface area contributed by atoms with Crippen molar-refractivity contribution in [1.29, 1.82) is 0 Å². The minimum Gasteiger partial charge on any atom is -0.455 e. The van der Waals surface area contributed by atoms with Crippen molar-refractivity contribution in [2.75, 3.05) is 21.6 Å². The highest BCUT2D eigenvalue weighted by Crippen LogP contribution is 2.47. The Balaban J connectivity index is 1.50. The van der Waals surface area contributed by atoms with Gasteiger partial charge >= 0.3 is 6.98 Å². The lowest BCUT2D eigenvalue weighted by atomic mass is 9.61. The fourth-order valence-electron chi connectivity index (χ4n) is 5.32. The van der Waals surface area contributed by atoms with Crippen molar-refractivity contribution in [1.82, 2.24) is 0 Å². The first-order chi connectivity index (χ1) is 15.1. The van der Waals surface area contributed by atoms with Crippen LogP contribution in [0.2, 0.25) is 0 Å². The lowest BCUT2D eigenvalue weighted by Crippen LogP contribution is -2.58. The second kappa shape index (κ2) is 6.71. The molecule has 1 atom stereocenters. The van der Waals surface area contributed by atoms with Crippen LogP contribution in [-0.2, 0) is 0 Å². The Hall–Kier alpha value is -3.60. The van der Waals surface area contributed by atoms with Crippen molar-refractivity contribution in [3.8, 4) is 0 Å². The van der Waals surface area contributed by atoms with E-state index in [0.29, 0.717) is 0 Å². The van der Waals surface area contributed by atoms with Crippen molar-refractivity contribution in [2.24, 2.45) is 0 Å². The summed E-state index contributed by atoms with van der Waals surface area (Å²) in [6.07, 6.45) is 2.37. The molecule has 4 nitrogen and oxygen atoms in total. The topological polar surface area (TPSA) is 22.9 Å². The number of anilines is 4. The smallest absolute Gasteiger partial charge is 0.408 e. The summed E-state index contributed by atoms with van der Waals surface area (Å²) in [6, 6.07) is 27.7. The molecule has 0 saturated carbocycles. The summed E-state index contributed by atoms with van der Waals surface area (Å²) in [7, 11) is 2.18. The van der Waals surface area contributed by atoms with Gasteiger partial charge in [0.1, 0.15) is 11.3 Å². The van der Waals surface area contributed by atoms with Crippen LogP contribution in [0.1, 0.15) is 19.6 Å². The molecule has 1 aromatic heterocycles. The molecule has 3 aromatic carbocycles. The maximum atomic E-state index is 6.18. The fraction of sp³-hybridized carbons (Fsp3) is 0.154. The number of furan rings is 1. The molecule has 0 radical (unpaired) electrons. The van der Waals surface area contributed by atoms with E-state index in [2.05, 4.69) is 108 Å². The minimum atomic E-state index is 0.0957. The number of hydrogen-bond donors (Lipinski definition) is 0. The van der Waals surface area contributed by atoms with E-state index in [4.69, 9.17) is 4.42 Å². The van der Waals surface area contributed by atoms with Gasteiger partial charge in [-0.15, -0.1) is 0 Å². The molecular weight excluding hydrogens is 381 g/mol. The van der Waals surface area contributed by atoms with Gasteiger partial charge in [-0.3, -0.25) is 0 Å². The molecule has 5 heteroatoms. The zero-order valence-corrected chi connectivity index (χ0v) is 18.0. The van der Waals surface area contributed by atoms with Crippen molar-refractivity contribution in [3.63, 3.8) is 0 Å². The number of nitrogens with zero attached hydrogens (tertiary/aromatic N) is 3. The number of benzene rings is 3. The third kappa shape index (κ3) is 2.56. The molecule has 2 aliphatic heterocycles. The molecule has 0 bridgehead atoms. The largest absolute Gasteiger partial charge is 0.455 e. The van der Waals surface area contributed by atoms with E-state index < -0.39 is 0 Å². The van der Waals surface area contributed by atoms with Gasteiger partial charge in [0, 0.05) is 11.1 Å². The zero-order chi connectivity index (χ0) is 21.1. The number of hydrogen-bond acceptors (Lipinski definition) is 4. The van der Waals surface area contributed by atoms with Crippen LogP contribution in [0.15, 0.2) is 88.8 Å². The maximum absolute atomic E-state index is 6.18. The van der Waals surface area contributed by atoms with Crippen LogP contribution in [0.3, 0.4) is 0 Å². The molecule has 4 aromatic rings. The van der Waals surface area contributed by atoms with E-state index >= 15 is 0 Å². The molecule has 0 aliphatic carbocycles. The lowest BCUT2D eigenvalue weighted by molar-refractivity contribution is 0.603. The monoisotopic (exact) mass is 405 g/mol. The Labute approximate surface area is 183 Å². The third-order valence-corrected chi connectivity index (χ3v) is 6.57. The molecule has 3 heterocycles. The second-order valence-corrected chi connectivity index (χ2v) is 8.42. The molecule has 0 unspecified atom stereocenters. The Morgan fingerprint density at radius 3 is 2.32 bits per heavy atom. The van der Waals surface area contributed by atoms with Crippen molar-refractivity contribution in [3.05, 3.63) is 90.1 Å². The number of rotatable bonds is 2. The summed E-state index contributed by atoms with van der Waals surface area (Å²) in [5, 5.41) is 1.16. The summed E-state index contributed by atoms with van der Waals surface area (Å²) in [5.74, 6) is 0.942. The molecule has 0 fully saturated rings. The van der Waals surface area contributed by atoms with E-state index in [9.17, 15) is 0 Å².